The molecule has 1 aromatic heterocycles. The Balaban J connectivity index is 2.99. The zero-order chi connectivity index (χ0) is 9.03. The van der Waals surface area contributed by atoms with E-state index in [1.807, 2.05) is 0 Å². The second kappa shape index (κ2) is 3.59. The van der Waals surface area contributed by atoms with Crippen LogP contribution in [-0.2, 0) is 9.84 Å². The lowest BCUT2D eigenvalue weighted by Gasteiger charge is -1.98. The number of hydrogen-bond acceptors (Lipinski definition) is 5. The highest BCUT2D eigenvalue weighted by molar-refractivity contribution is 7.91. The van der Waals surface area contributed by atoms with E-state index in [4.69, 9.17) is 5.73 Å². The predicted octanol–water partition coefficient (Wildman–Crippen LogP) is -0.791. The van der Waals surface area contributed by atoms with Gasteiger partial charge in [-0.05, 0) is 6.07 Å². The van der Waals surface area contributed by atoms with E-state index in [0.29, 0.717) is 0 Å². The van der Waals surface area contributed by atoms with Crippen LogP contribution < -0.4 is 5.73 Å². The Hall–Kier alpha value is -1.01. The van der Waals surface area contributed by atoms with Crippen molar-refractivity contribution in [1.29, 1.82) is 0 Å². The maximum atomic E-state index is 11.3. The van der Waals surface area contributed by atoms with Crippen molar-refractivity contribution < 1.29 is 8.42 Å². The standard InChI is InChI=1S/C6H9N3O2S/c7-2-4-12(10,11)6-1-3-8-5-9-6/h1,3,5H,2,4,7H2. The summed E-state index contributed by atoms with van der Waals surface area (Å²) in [6, 6.07) is 1.35. The number of nitrogens with zero attached hydrogens (tertiary/aromatic N) is 2. The Morgan fingerprint density at radius 2 is 2.25 bits per heavy atom. The van der Waals surface area contributed by atoms with Crippen LogP contribution in [0, 0.1) is 0 Å². The van der Waals surface area contributed by atoms with Crippen LogP contribution in [-0.4, -0.2) is 30.7 Å². The largest absolute Gasteiger partial charge is 0.329 e. The molecule has 1 aromatic rings. The minimum absolute atomic E-state index is 0.0305. The van der Waals surface area contributed by atoms with E-state index in [0.717, 1.165) is 0 Å². The summed E-state index contributed by atoms with van der Waals surface area (Å²) in [4.78, 5) is 7.23. The van der Waals surface area contributed by atoms with Gasteiger partial charge in [0, 0.05) is 12.7 Å². The van der Waals surface area contributed by atoms with Gasteiger partial charge in [0.2, 0.25) is 0 Å². The molecule has 1 heterocycles. The lowest BCUT2D eigenvalue weighted by atomic mass is 10.7. The predicted molar refractivity (Wildman–Crippen MR) is 43.1 cm³/mol. The third-order valence-electron chi connectivity index (χ3n) is 1.26. The molecule has 0 saturated carbocycles. The summed E-state index contributed by atoms with van der Waals surface area (Å²) < 4.78 is 22.5. The van der Waals surface area contributed by atoms with E-state index in [1.54, 1.807) is 0 Å². The molecule has 0 bridgehead atoms. The molecule has 0 atom stereocenters. The van der Waals surface area contributed by atoms with E-state index < -0.39 is 9.84 Å². The molecule has 0 saturated heterocycles. The van der Waals surface area contributed by atoms with Crippen molar-refractivity contribution in [2.24, 2.45) is 5.73 Å². The maximum Gasteiger partial charge on any atom is 0.196 e. The van der Waals surface area contributed by atoms with Gasteiger partial charge in [-0.3, -0.25) is 0 Å². The fourth-order valence-electron chi connectivity index (χ4n) is 0.722. The lowest BCUT2D eigenvalue weighted by molar-refractivity contribution is 0.591. The van der Waals surface area contributed by atoms with Gasteiger partial charge in [-0.2, -0.15) is 0 Å². The van der Waals surface area contributed by atoms with Crippen molar-refractivity contribution in [3.05, 3.63) is 18.6 Å². The topological polar surface area (TPSA) is 85.9 Å². The quantitative estimate of drug-likeness (QED) is 0.627. The lowest BCUT2D eigenvalue weighted by Crippen LogP contribution is -2.16. The Bertz CT molecular complexity index is 335. The van der Waals surface area contributed by atoms with Gasteiger partial charge in [0.15, 0.2) is 14.9 Å². The van der Waals surface area contributed by atoms with Gasteiger partial charge >= 0.3 is 0 Å². The van der Waals surface area contributed by atoms with Gasteiger partial charge in [-0.25, -0.2) is 18.4 Å². The summed E-state index contributed by atoms with van der Waals surface area (Å²) in [6.07, 6.45) is 2.58. The zero-order valence-corrected chi connectivity index (χ0v) is 7.16. The molecule has 0 radical (unpaired) electrons. The first-order chi connectivity index (χ1) is 5.67. The van der Waals surface area contributed by atoms with Crippen molar-refractivity contribution in [3.8, 4) is 0 Å². The first kappa shape index (κ1) is 9.08. The third kappa shape index (κ3) is 1.99. The van der Waals surface area contributed by atoms with Gasteiger partial charge in [-0.15, -0.1) is 0 Å². The second-order valence-electron chi connectivity index (χ2n) is 2.16. The Labute approximate surface area is 70.6 Å². The molecule has 5 nitrogen and oxygen atoms in total. The second-order valence-corrected chi connectivity index (χ2v) is 4.21. The molecular formula is C6H9N3O2S. The van der Waals surface area contributed by atoms with Crippen molar-refractivity contribution in [2.75, 3.05) is 12.3 Å². The Kier molecular flexibility index (Phi) is 2.72. The van der Waals surface area contributed by atoms with Crippen molar-refractivity contribution in [1.82, 2.24) is 9.97 Å². The summed E-state index contributed by atoms with van der Waals surface area (Å²) in [5.41, 5.74) is 5.13. The Morgan fingerprint density at radius 1 is 1.50 bits per heavy atom. The number of rotatable bonds is 3. The molecule has 0 aliphatic carbocycles. The number of nitrogens with two attached hydrogens (primary N) is 1. The highest BCUT2D eigenvalue weighted by atomic mass is 32.2. The Morgan fingerprint density at radius 3 is 2.75 bits per heavy atom. The average Bonchev–Trinajstić information content (AvgIpc) is 2.06. The van der Waals surface area contributed by atoms with Crippen LogP contribution in [0.4, 0.5) is 0 Å². The average molecular weight is 187 g/mol. The minimum Gasteiger partial charge on any atom is -0.329 e. The van der Waals surface area contributed by atoms with E-state index in [1.165, 1.54) is 18.6 Å². The fourth-order valence-corrected chi connectivity index (χ4v) is 1.72. The molecule has 0 amide bonds. The summed E-state index contributed by atoms with van der Waals surface area (Å²) in [5.74, 6) is -0.0794. The molecule has 6 heteroatoms. The minimum atomic E-state index is -3.29. The van der Waals surface area contributed by atoms with E-state index in [9.17, 15) is 8.42 Å². The van der Waals surface area contributed by atoms with Crippen LogP contribution in [0.25, 0.3) is 0 Å². The monoisotopic (exact) mass is 187 g/mol. The first-order valence-electron chi connectivity index (χ1n) is 3.35. The molecule has 1 rings (SSSR count). The molecule has 0 fully saturated rings. The smallest absolute Gasteiger partial charge is 0.196 e. The van der Waals surface area contributed by atoms with Crippen molar-refractivity contribution in [2.45, 2.75) is 5.03 Å². The normalized spacial score (nSPS) is 11.4. The van der Waals surface area contributed by atoms with Crippen molar-refractivity contribution >= 4 is 9.84 Å². The van der Waals surface area contributed by atoms with E-state index in [2.05, 4.69) is 9.97 Å². The summed E-state index contributed by atoms with van der Waals surface area (Å²) in [5, 5.41) is 0.0305. The maximum absolute atomic E-state index is 11.3. The molecular weight excluding hydrogens is 178 g/mol. The number of sulfone groups is 1. The van der Waals surface area contributed by atoms with Crippen LogP contribution >= 0.6 is 0 Å². The van der Waals surface area contributed by atoms with Gasteiger partial charge in [0.05, 0.1) is 5.75 Å². The first-order valence-corrected chi connectivity index (χ1v) is 5.01. The molecule has 0 spiro atoms. The highest BCUT2D eigenvalue weighted by Gasteiger charge is 2.13. The van der Waals surface area contributed by atoms with Gasteiger partial charge in [0.1, 0.15) is 6.33 Å². The molecule has 12 heavy (non-hydrogen) atoms. The summed E-state index contributed by atoms with van der Waals surface area (Å²) in [7, 11) is -3.29. The van der Waals surface area contributed by atoms with Crippen LogP contribution in [0.2, 0.25) is 0 Å². The van der Waals surface area contributed by atoms with Crippen molar-refractivity contribution in [3.63, 3.8) is 0 Å². The molecule has 0 aliphatic heterocycles. The van der Waals surface area contributed by atoms with E-state index in [-0.39, 0.29) is 17.3 Å². The fraction of sp³-hybridized carbons (Fsp3) is 0.333. The molecule has 2 N–H and O–H groups in total. The number of aromatic nitrogens is 2. The number of hydrogen-bond donors (Lipinski definition) is 1. The van der Waals surface area contributed by atoms with Crippen LogP contribution in [0.1, 0.15) is 0 Å². The molecule has 0 unspecified atom stereocenters. The summed E-state index contributed by atoms with van der Waals surface area (Å²) >= 11 is 0. The van der Waals surface area contributed by atoms with Crippen LogP contribution in [0.15, 0.2) is 23.6 Å². The SMILES string of the molecule is NCCS(=O)(=O)c1ccncn1. The molecule has 0 aromatic carbocycles. The van der Waals surface area contributed by atoms with E-state index >= 15 is 0 Å². The van der Waals surface area contributed by atoms with Crippen LogP contribution in [0.3, 0.4) is 0 Å². The third-order valence-corrected chi connectivity index (χ3v) is 2.91. The van der Waals surface area contributed by atoms with Gasteiger partial charge < -0.3 is 5.73 Å². The molecule has 0 aliphatic rings. The van der Waals surface area contributed by atoms with Crippen LogP contribution in [0.5, 0.6) is 0 Å². The van der Waals surface area contributed by atoms with Gasteiger partial charge in [0.25, 0.3) is 0 Å². The molecule has 66 valence electrons. The van der Waals surface area contributed by atoms with Gasteiger partial charge in [-0.1, -0.05) is 0 Å². The highest BCUT2D eigenvalue weighted by Crippen LogP contribution is 2.03. The zero-order valence-electron chi connectivity index (χ0n) is 6.34. The summed E-state index contributed by atoms with van der Waals surface area (Å²) in [6.45, 7) is 0.104.